The molecule has 2 amide bonds. The fraction of sp³-hybridized carbons (Fsp3) is 0.421. The first kappa shape index (κ1) is 19.0. The number of nitrogens with zero attached hydrogens (tertiary/aromatic N) is 3. The highest BCUT2D eigenvalue weighted by molar-refractivity contribution is 5.84. The highest BCUT2D eigenvalue weighted by Crippen LogP contribution is 2.15. The molecule has 0 aliphatic carbocycles. The summed E-state index contributed by atoms with van der Waals surface area (Å²) in [5.74, 6) is -0.179. The van der Waals surface area contributed by atoms with E-state index < -0.39 is 6.10 Å². The number of rotatable bonds is 5. The molecule has 1 unspecified atom stereocenters. The van der Waals surface area contributed by atoms with Crippen LogP contribution in [0.4, 0.5) is 4.39 Å². The van der Waals surface area contributed by atoms with Crippen molar-refractivity contribution in [3.63, 3.8) is 0 Å². The summed E-state index contributed by atoms with van der Waals surface area (Å²) in [7, 11) is 0. The van der Waals surface area contributed by atoms with Gasteiger partial charge < -0.3 is 19.0 Å². The van der Waals surface area contributed by atoms with E-state index in [0.717, 1.165) is 0 Å². The molecule has 1 saturated heterocycles. The van der Waals surface area contributed by atoms with Gasteiger partial charge >= 0.3 is 0 Å². The average molecular weight is 375 g/mol. The maximum Gasteiger partial charge on any atom is 0.242 e. The van der Waals surface area contributed by atoms with Gasteiger partial charge in [0.15, 0.2) is 5.89 Å². The van der Waals surface area contributed by atoms with Crippen LogP contribution in [0.1, 0.15) is 24.1 Å². The minimum atomic E-state index is -0.392. The molecular weight excluding hydrogens is 353 g/mol. The van der Waals surface area contributed by atoms with Crippen LogP contribution in [0, 0.1) is 12.7 Å². The number of amides is 2. The minimum Gasteiger partial charge on any atom is -0.449 e. The van der Waals surface area contributed by atoms with Crippen LogP contribution in [-0.2, 0) is 27.5 Å². The number of carbonyl (C=O) groups is 2. The van der Waals surface area contributed by atoms with Crippen LogP contribution < -0.4 is 0 Å². The van der Waals surface area contributed by atoms with E-state index in [4.69, 9.17) is 9.15 Å². The van der Waals surface area contributed by atoms with Crippen molar-refractivity contribution >= 4 is 11.8 Å². The summed E-state index contributed by atoms with van der Waals surface area (Å²) in [6, 6.07) is 6.16. The molecule has 1 aromatic carbocycles. The first-order chi connectivity index (χ1) is 12.9. The first-order valence-corrected chi connectivity index (χ1v) is 8.71. The molecule has 2 aromatic rings. The van der Waals surface area contributed by atoms with Crippen LogP contribution in [0.25, 0.3) is 0 Å². The van der Waals surface area contributed by atoms with Gasteiger partial charge in [-0.2, -0.15) is 0 Å². The van der Waals surface area contributed by atoms with E-state index in [1.165, 1.54) is 30.2 Å². The third-order valence-electron chi connectivity index (χ3n) is 4.37. The van der Waals surface area contributed by atoms with Gasteiger partial charge in [-0.15, -0.1) is 0 Å². The lowest BCUT2D eigenvalue weighted by molar-refractivity contribution is -0.137. The Hall–Kier alpha value is -2.74. The van der Waals surface area contributed by atoms with Crippen molar-refractivity contribution < 1.29 is 23.1 Å². The number of oxazole rings is 1. The van der Waals surface area contributed by atoms with Crippen LogP contribution in [0.15, 0.2) is 34.9 Å². The molecule has 7 nitrogen and oxygen atoms in total. The molecule has 8 heteroatoms. The quantitative estimate of drug-likeness (QED) is 0.798. The Morgan fingerprint density at radius 1 is 1.41 bits per heavy atom. The summed E-state index contributed by atoms with van der Waals surface area (Å²) in [6.07, 6.45) is 1.12. The van der Waals surface area contributed by atoms with E-state index in [9.17, 15) is 14.0 Å². The Morgan fingerprint density at radius 3 is 2.89 bits per heavy atom. The van der Waals surface area contributed by atoms with E-state index in [1.807, 2.05) is 0 Å². The van der Waals surface area contributed by atoms with Crippen LogP contribution in [0.5, 0.6) is 0 Å². The van der Waals surface area contributed by atoms with Crippen molar-refractivity contribution in [2.45, 2.75) is 33.1 Å². The molecule has 27 heavy (non-hydrogen) atoms. The van der Waals surface area contributed by atoms with Gasteiger partial charge in [-0.3, -0.25) is 9.59 Å². The van der Waals surface area contributed by atoms with E-state index >= 15 is 0 Å². The van der Waals surface area contributed by atoms with Gasteiger partial charge in [0.1, 0.15) is 12.1 Å². The van der Waals surface area contributed by atoms with Crippen LogP contribution >= 0.6 is 0 Å². The molecule has 2 heterocycles. The number of hydrogen-bond acceptors (Lipinski definition) is 5. The molecule has 0 bridgehead atoms. The number of carbonyl (C=O) groups excluding carboxylic acids is 2. The minimum absolute atomic E-state index is 0.00794. The van der Waals surface area contributed by atoms with Crippen molar-refractivity contribution in [1.29, 1.82) is 0 Å². The Balaban J connectivity index is 1.71. The molecule has 0 saturated carbocycles. The standard InChI is InChI=1S/C19H22FN3O4/c1-13-21-17(12-26-13)7-23-9-18(8-22(14(2)24)10-19(23)25)27-11-15-4-3-5-16(20)6-15/h3-6,12,18H,7-11H2,1-2H3. The zero-order valence-corrected chi connectivity index (χ0v) is 15.4. The monoisotopic (exact) mass is 375 g/mol. The highest BCUT2D eigenvalue weighted by atomic mass is 19.1. The fourth-order valence-electron chi connectivity index (χ4n) is 2.99. The Kier molecular flexibility index (Phi) is 5.85. The Morgan fingerprint density at radius 2 is 2.22 bits per heavy atom. The van der Waals surface area contributed by atoms with E-state index in [-0.39, 0.29) is 37.3 Å². The summed E-state index contributed by atoms with van der Waals surface area (Å²) >= 11 is 0. The van der Waals surface area contributed by atoms with Crippen molar-refractivity contribution in [3.8, 4) is 0 Å². The molecule has 1 aromatic heterocycles. The van der Waals surface area contributed by atoms with Crippen LogP contribution in [-0.4, -0.2) is 52.3 Å². The molecule has 3 rings (SSSR count). The largest absolute Gasteiger partial charge is 0.449 e. The molecule has 1 aliphatic heterocycles. The summed E-state index contributed by atoms with van der Waals surface area (Å²) in [4.78, 5) is 31.7. The summed E-state index contributed by atoms with van der Waals surface area (Å²) in [5, 5.41) is 0. The predicted molar refractivity (Wildman–Crippen MR) is 93.9 cm³/mol. The van der Waals surface area contributed by atoms with Crippen molar-refractivity contribution in [3.05, 3.63) is 53.5 Å². The number of halogens is 1. The summed E-state index contributed by atoms with van der Waals surface area (Å²) in [6.45, 7) is 4.23. The van der Waals surface area contributed by atoms with Gasteiger partial charge in [-0.25, -0.2) is 9.37 Å². The van der Waals surface area contributed by atoms with E-state index in [1.54, 1.807) is 24.0 Å². The fourth-order valence-corrected chi connectivity index (χ4v) is 2.99. The molecule has 1 aliphatic rings. The Labute approximate surface area is 156 Å². The molecule has 0 radical (unpaired) electrons. The zero-order valence-electron chi connectivity index (χ0n) is 15.4. The van der Waals surface area contributed by atoms with Crippen LogP contribution in [0.3, 0.4) is 0 Å². The van der Waals surface area contributed by atoms with Crippen LogP contribution in [0.2, 0.25) is 0 Å². The van der Waals surface area contributed by atoms with E-state index in [0.29, 0.717) is 30.2 Å². The van der Waals surface area contributed by atoms with Gasteiger partial charge in [-0.1, -0.05) is 12.1 Å². The first-order valence-electron chi connectivity index (χ1n) is 8.71. The third kappa shape index (κ3) is 5.13. The predicted octanol–water partition coefficient (Wildman–Crippen LogP) is 1.90. The maximum absolute atomic E-state index is 13.3. The zero-order chi connectivity index (χ0) is 19.4. The number of benzene rings is 1. The smallest absolute Gasteiger partial charge is 0.242 e. The van der Waals surface area contributed by atoms with Crippen molar-refractivity contribution in [2.75, 3.05) is 19.6 Å². The normalized spacial score (nSPS) is 17.9. The molecule has 1 fully saturated rings. The third-order valence-corrected chi connectivity index (χ3v) is 4.37. The Bertz CT molecular complexity index is 823. The second-order valence-electron chi connectivity index (χ2n) is 6.59. The number of aromatic nitrogens is 1. The molecule has 144 valence electrons. The average Bonchev–Trinajstić information content (AvgIpc) is 2.95. The van der Waals surface area contributed by atoms with Gasteiger partial charge in [-0.05, 0) is 17.7 Å². The molecule has 0 N–H and O–H groups in total. The lowest BCUT2D eigenvalue weighted by Gasteiger charge is -2.24. The lowest BCUT2D eigenvalue weighted by atomic mass is 10.2. The SMILES string of the molecule is CC(=O)N1CC(=O)N(Cc2coc(C)n2)CC(OCc2cccc(F)c2)C1. The maximum atomic E-state index is 13.3. The summed E-state index contributed by atoms with van der Waals surface area (Å²) < 4.78 is 24.4. The van der Waals surface area contributed by atoms with Gasteiger partial charge in [0.05, 0.1) is 31.5 Å². The summed E-state index contributed by atoms with van der Waals surface area (Å²) in [5.41, 5.74) is 1.33. The second kappa shape index (κ2) is 8.30. The number of aryl methyl sites for hydroxylation is 1. The molecular formula is C19H22FN3O4. The van der Waals surface area contributed by atoms with Gasteiger partial charge in [0, 0.05) is 26.9 Å². The topological polar surface area (TPSA) is 75.9 Å². The van der Waals surface area contributed by atoms with E-state index in [2.05, 4.69) is 4.98 Å². The van der Waals surface area contributed by atoms with Crippen molar-refractivity contribution in [1.82, 2.24) is 14.8 Å². The second-order valence-corrected chi connectivity index (χ2v) is 6.59. The highest BCUT2D eigenvalue weighted by Gasteiger charge is 2.30. The molecule has 1 atom stereocenters. The van der Waals surface area contributed by atoms with Gasteiger partial charge in [0.25, 0.3) is 0 Å². The number of ether oxygens (including phenoxy) is 1. The van der Waals surface area contributed by atoms with Gasteiger partial charge in [0.2, 0.25) is 11.8 Å². The number of hydrogen-bond donors (Lipinski definition) is 0. The van der Waals surface area contributed by atoms with Crippen molar-refractivity contribution in [2.24, 2.45) is 0 Å². The molecule has 0 spiro atoms. The lowest BCUT2D eigenvalue weighted by Crippen LogP contribution is -2.38.